The van der Waals surface area contributed by atoms with Crippen LogP contribution >= 0.6 is 0 Å². The quantitative estimate of drug-likeness (QED) is 0.346. The fraction of sp³-hybridized carbons (Fsp3) is 0.0357. The molecule has 5 aromatic rings. The van der Waals surface area contributed by atoms with Gasteiger partial charge >= 0.3 is 0 Å². The average Bonchev–Trinajstić information content (AvgIpc) is 2.88. The number of aromatic nitrogens is 2. The molecule has 1 amide bonds. The summed E-state index contributed by atoms with van der Waals surface area (Å²) in [5.74, 6) is -0.112. The third-order valence-electron chi connectivity index (χ3n) is 5.39. The Hall–Kier alpha value is -4.31. The van der Waals surface area contributed by atoms with Gasteiger partial charge in [0.25, 0.3) is 5.91 Å². The maximum absolute atomic E-state index is 13.7. The molecule has 0 aliphatic heterocycles. The van der Waals surface area contributed by atoms with Gasteiger partial charge in [0, 0.05) is 23.5 Å². The molecule has 0 saturated heterocycles. The molecule has 0 N–H and O–H groups in total. The summed E-state index contributed by atoms with van der Waals surface area (Å²) in [5.41, 5.74) is 5.21. The van der Waals surface area contributed by atoms with Crippen molar-refractivity contribution in [3.8, 4) is 11.1 Å². The average molecular weight is 415 g/mol. The summed E-state index contributed by atoms with van der Waals surface area (Å²) in [6.07, 6.45) is 3.40. The van der Waals surface area contributed by atoms with Crippen LogP contribution in [0.2, 0.25) is 0 Å². The highest BCUT2D eigenvalue weighted by atomic mass is 16.2. The third-order valence-corrected chi connectivity index (χ3v) is 5.39. The van der Waals surface area contributed by atoms with Gasteiger partial charge in [-0.25, -0.2) is 0 Å². The van der Waals surface area contributed by atoms with Crippen LogP contribution in [0.15, 0.2) is 116 Å². The zero-order valence-corrected chi connectivity index (χ0v) is 17.4. The highest BCUT2D eigenvalue weighted by Gasteiger charge is 2.20. The fourth-order valence-corrected chi connectivity index (χ4v) is 3.76. The Balaban J connectivity index is 1.57. The van der Waals surface area contributed by atoms with Gasteiger partial charge in [0.05, 0.1) is 23.3 Å². The van der Waals surface area contributed by atoms with Crippen LogP contribution in [0.4, 0.5) is 5.69 Å². The summed E-state index contributed by atoms with van der Waals surface area (Å²) < 4.78 is 0. The van der Waals surface area contributed by atoms with Crippen LogP contribution in [0.5, 0.6) is 0 Å². The van der Waals surface area contributed by atoms with E-state index in [1.54, 1.807) is 17.3 Å². The first-order valence-electron chi connectivity index (χ1n) is 10.5. The Morgan fingerprint density at radius 3 is 2.34 bits per heavy atom. The first kappa shape index (κ1) is 19.6. The molecular weight excluding hydrogens is 394 g/mol. The number of hydrogen-bond donors (Lipinski definition) is 0. The minimum absolute atomic E-state index is 0.112. The first-order chi connectivity index (χ1) is 15.8. The van der Waals surface area contributed by atoms with Crippen LogP contribution in [0, 0.1) is 0 Å². The number of carbonyl (C=O) groups is 1. The van der Waals surface area contributed by atoms with Crippen LogP contribution in [0.25, 0.3) is 22.0 Å². The lowest BCUT2D eigenvalue weighted by molar-refractivity contribution is 0.0984. The van der Waals surface area contributed by atoms with Crippen molar-refractivity contribution in [1.29, 1.82) is 0 Å². The maximum atomic E-state index is 13.7. The first-order valence-corrected chi connectivity index (χ1v) is 10.5. The SMILES string of the molecule is O=C(c1cnc2ccccc2c1)N(Cc1ccccn1)c1cccc(-c2ccccc2)c1. The second-order valence-corrected chi connectivity index (χ2v) is 7.55. The van der Waals surface area contributed by atoms with E-state index in [9.17, 15) is 4.79 Å². The van der Waals surface area contributed by atoms with Crippen LogP contribution in [-0.4, -0.2) is 15.9 Å². The Morgan fingerprint density at radius 1 is 0.719 bits per heavy atom. The molecule has 32 heavy (non-hydrogen) atoms. The fourth-order valence-electron chi connectivity index (χ4n) is 3.76. The molecular formula is C28H21N3O. The summed E-state index contributed by atoms with van der Waals surface area (Å²) in [6.45, 7) is 0.366. The van der Waals surface area contributed by atoms with Gasteiger partial charge in [0.1, 0.15) is 0 Å². The minimum Gasteiger partial charge on any atom is -0.302 e. The van der Waals surface area contributed by atoms with Gasteiger partial charge in [0.2, 0.25) is 0 Å². The van der Waals surface area contributed by atoms with Crippen molar-refractivity contribution < 1.29 is 4.79 Å². The van der Waals surface area contributed by atoms with E-state index in [4.69, 9.17) is 0 Å². The highest BCUT2D eigenvalue weighted by Crippen LogP contribution is 2.27. The molecule has 0 atom stereocenters. The molecule has 0 unspecified atom stereocenters. The Morgan fingerprint density at radius 2 is 1.50 bits per heavy atom. The zero-order chi connectivity index (χ0) is 21.8. The predicted octanol–water partition coefficient (Wildman–Crippen LogP) is 6.14. The normalized spacial score (nSPS) is 10.8. The summed E-state index contributed by atoms with van der Waals surface area (Å²) in [7, 11) is 0. The number of hydrogen-bond acceptors (Lipinski definition) is 3. The van der Waals surface area contributed by atoms with Crippen LogP contribution in [0.3, 0.4) is 0 Å². The van der Waals surface area contributed by atoms with Gasteiger partial charge in [-0.2, -0.15) is 0 Å². The number of anilines is 1. The zero-order valence-electron chi connectivity index (χ0n) is 17.4. The van der Waals surface area contributed by atoms with E-state index in [1.165, 1.54) is 0 Å². The van der Waals surface area contributed by atoms with Crippen molar-refractivity contribution in [3.05, 3.63) is 127 Å². The number of carbonyl (C=O) groups excluding carboxylic acids is 1. The number of benzene rings is 3. The number of rotatable bonds is 5. The Kier molecular flexibility index (Phi) is 5.41. The molecule has 4 heteroatoms. The number of fused-ring (bicyclic) bond motifs is 1. The minimum atomic E-state index is -0.112. The van der Waals surface area contributed by atoms with Crippen molar-refractivity contribution in [1.82, 2.24) is 9.97 Å². The molecule has 0 spiro atoms. The largest absolute Gasteiger partial charge is 0.302 e. The maximum Gasteiger partial charge on any atom is 0.260 e. The molecule has 0 bridgehead atoms. The van der Waals surface area contributed by atoms with E-state index in [-0.39, 0.29) is 5.91 Å². The Labute approximate surface area is 186 Å². The highest BCUT2D eigenvalue weighted by molar-refractivity contribution is 6.07. The second-order valence-electron chi connectivity index (χ2n) is 7.55. The molecule has 0 radical (unpaired) electrons. The van der Waals surface area contributed by atoms with Crippen LogP contribution in [-0.2, 0) is 6.54 Å². The van der Waals surface area contributed by atoms with Gasteiger partial charge < -0.3 is 4.90 Å². The van der Waals surface area contributed by atoms with Gasteiger partial charge in [0.15, 0.2) is 0 Å². The van der Waals surface area contributed by atoms with E-state index in [1.807, 2.05) is 84.9 Å². The standard InChI is InChI=1S/C28H21N3O/c32-28(24-17-23-11-4-5-15-27(23)30-19-24)31(20-25-13-6-7-16-29-25)26-14-8-12-22(18-26)21-9-2-1-3-10-21/h1-19H,20H2. The van der Waals surface area contributed by atoms with Crippen molar-refractivity contribution >= 4 is 22.5 Å². The number of para-hydroxylation sites is 1. The van der Waals surface area contributed by atoms with Crippen molar-refractivity contribution in [3.63, 3.8) is 0 Å². The molecule has 3 aromatic carbocycles. The molecule has 5 rings (SSSR count). The smallest absolute Gasteiger partial charge is 0.260 e. The number of nitrogens with zero attached hydrogens (tertiary/aromatic N) is 3. The molecule has 0 aliphatic carbocycles. The van der Waals surface area contributed by atoms with E-state index in [2.05, 4.69) is 28.2 Å². The predicted molar refractivity (Wildman–Crippen MR) is 128 cm³/mol. The van der Waals surface area contributed by atoms with E-state index in [0.717, 1.165) is 33.4 Å². The van der Waals surface area contributed by atoms with E-state index < -0.39 is 0 Å². The second kappa shape index (κ2) is 8.82. The summed E-state index contributed by atoms with van der Waals surface area (Å²) in [4.78, 5) is 24.4. The summed E-state index contributed by atoms with van der Waals surface area (Å²) in [6, 6.07) is 33.6. The number of pyridine rings is 2. The molecule has 154 valence electrons. The van der Waals surface area contributed by atoms with Crippen molar-refractivity contribution in [2.75, 3.05) is 4.90 Å². The Bertz CT molecular complexity index is 1370. The van der Waals surface area contributed by atoms with Gasteiger partial charge in [-0.05, 0) is 47.5 Å². The van der Waals surface area contributed by atoms with Crippen molar-refractivity contribution in [2.45, 2.75) is 6.54 Å². The summed E-state index contributed by atoms with van der Waals surface area (Å²) >= 11 is 0. The monoisotopic (exact) mass is 415 g/mol. The molecule has 0 fully saturated rings. The lowest BCUT2D eigenvalue weighted by Crippen LogP contribution is -2.31. The van der Waals surface area contributed by atoms with Gasteiger partial charge in [-0.15, -0.1) is 0 Å². The molecule has 2 aromatic heterocycles. The number of amides is 1. The molecule has 2 heterocycles. The third kappa shape index (κ3) is 4.12. The summed E-state index contributed by atoms with van der Waals surface area (Å²) in [5, 5.41) is 0.939. The van der Waals surface area contributed by atoms with E-state index >= 15 is 0 Å². The lowest BCUT2D eigenvalue weighted by atomic mass is 10.0. The van der Waals surface area contributed by atoms with Crippen LogP contribution < -0.4 is 4.90 Å². The van der Waals surface area contributed by atoms with E-state index in [0.29, 0.717) is 12.1 Å². The lowest BCUT2D eigenvalue weighted by Gasteiger charge is -2.23. The van der Waals surface area contributed by atoms with Gasteiger partial charge in [-0.1, -0.05) is 66.7 Å². The molecule has 0 saturated carbocycles. The van der Waals surface area contributed by atoms with Gasteiger partial charge in [-0.3, -0.25) is 14.8 Å². The van der Waals surface area contributed by atoms with Crippen molar-refractivity contribution in [2.24, 2.45) is 0 Å². The molecule has 0 aliphatic rings. The molecule has 4 nitrogen and oxygen atoms in total. The van der Waals surface area contributed by atoms with Crippen LogP contribution in [0.1, 0.15) is 16.1 Å². The topological polar surface area (TPSA) is 46.1 Å².